The van der Waals surface area contributed by atoms with Gasteiger partial charge in [0.15, 0.2) is 0 Å². The van der Waals surface area contributed by atoms with Crippen LogP contribution in [0.1, 0.15) is 29.9 Å². The molecule has 1 unspecified atom stereocenters. The van der Waals surface area contributed by atoms with Crippen LogP contribution in [0.25, 0.3) is 0 Å². The van der Waals surface area contributed by atoms with Gasteiger partial charge in [0.05, 0.1) is 16.4 Å². The molecule has 0 radical (unpaired) electrons. The molecular formula is C15H17ClFN3O. The van der Waals surface area contributed by atoms with Gasteiger partial charge < -0.3 is 5.32 Å². The summed E-state index contributed by atoms with van der Waals surface area (Å²) in [5.41, 5.74) is 2.30. The second kappa shape index (κ2) is 6.26. The van der Waals surface area contributed by atoms with Crippen molar-refractivity contribution >= 4 is 17.5 Å². The van der Waals surface area contributed by atoms with Crippen LogP contribution in [0.15, 0.2) is 24.3 Å². The van der Waals surface area contributed by atoms with Gasteiger partial charge in [-0.05, 0) is 38.5 Å². The fourth-order valence-electron chi connectivity index (χ4n) is 2.07. The molecule has 1 heterocycles. The zero-order valence-electron chi connectivity index (χ0n) is 12.2. The SMILES string of the molecule is Cc1nn(C(C)C(=O)NCc2ccc(F)cc2)c(C)c1Cl. The molecule has 4 nitrogen and oxygen atoms in total. The number of carbonyl (C=O) groups excluding carboxylic acids is 1. The van der Waals surface area contributed by atoms with E-state index in [4.69, 9.17) is 11.6 Å². The quantitative estimate of drug-likeness (QED) is 0.943. The molecular weight excluding hydrogens is 293 g/mol. The molecule has 6 heteroatoms. The monoisotopic (exact) mass is 309 g/mol. The van der Waals surface area contributed by atoms with E-state index < -0.39 is 6.04 Å². The van der Waals surface area contributed by atoms with Crippen LogP contribution in [0.4, 0.5) is 4.39 Å². The molecule has 112 valence electrons. The normalized spacial score (nSPS) is 12.2. The van der Waals surface area contributed by atoms with E-state index in [1.54, 1.807) is 30.7 Å². The molecule has 0 spiro atoms. The van der Waals surface area contributed by atoms with Crippen LogP contribution in [0.3, 0.4) is 0 Å². The van der Waals surface area contributed by atoms with Crippen molar-refractivity contribution in [3.05, 3.63) is 52.1 Å². The van der Waals surface area contributed by atoms with Crippen molar-refractivity contribution in [1.82, 2.24) is 15.1 Å². The number of rotatable bonds is 4. The number of aryl methyl sites for hydroxylation is 1. The van der Waals surface area contributed by atoms with Crippen LogP contribution in [-0.4, -0.2) is 15.7 Å². The minimum Gasteiger partial charge on any atom is -0.350 e. The molecule has 0 saturated carbocycles. The second-order valence-corrected chi connectivity index (χ2v) is 5.33. The van der Waals surface area contributed by atoms with E-state index in [0.29, 0.717) is 17.3 Å². The van der Waals surface area contributed by atoms with Crippen molar-refractivity contribution in [1.29, 1.82) is 0 Å². The summed E-state index contributed by atoms with van der Waals surface area (Å²) >= 11 is 6.08. The number of aromatic nitrogens is 2. The molecule has 1 aromatic heterocycles. The van der Waals surface area contributed by atoms with Crippen molar-refractivity contribution in [3.63, 3.8) is 0 Å². The van der Waals surface area contributed by atoms with Crippen LogP contribution >= 0.6 is 11.6 Å². The van der Waals surface area contributed by atoms with Crippen molar-refractivity contribution < 1.29 is 9.18 Å². The molecule has 1 amide bonds. The lowest BCUT2D eigenvalue weighted by Gasteiger charge is -2.14. The third-order valence-corrected chi connectivity index (χ3v) is 3.91. The Balaban J connectivity index is 2.02. The Labute approximate surface area is 127 Å². The number of hydrogen-bond donors (Lipinski definition) is 1. The predicted molar refractivity (Wildman–Crippen MR) is 79.7 cm³/mol. The Bertz CT molecular complexity index is 652. The Hall–Kier alpha value is -1.88. The number of carbonyl (C=O) groups is 1. The Kier molecular flexibility index (Phi) is 4.63. The minimum absolute atomic E-state index is 0.165. The highest BCUT2D eigenvalue weighted by atomic mass is 35.5. The van der Waals surface area contributed by atoms with Crippen molar-refractivity contribution in [2.24, 2.45) is 0 Å². The zero-order chi connectivity index (χ0) is 15.6. The van der Waals surface area contributed by atoms with E-state index in [1.165, 1.54) is 12.1 Å². The zero-order valence-corrected chi connectivity index (χ0v) is 12.9. The summed E-state index contributed by atoms with van der Waals surface area (Å²) in [5, 5.41) is 7.66. The van der Waals surface area contributed by atoms with Crippen molar-refractivity contribution in [3.8, 4) is 0 Å². The maximum absolute atomic E-state index is 12.8. The lowest BCUT2D eigenvalue weighted by molar-refractivity contribution is -0.124. The van der Waals surface area contributed by atoms with Crippen LogP contribution in [0.2, 0.25) is 5.02 Å². The first-order valence-corrected chi connectivity index (χ1v) is 7.01. The van der Waals surface area contributed by atoms with Crippen molar-refractivity contribution in [2.75, 3.05) is 0 Å². The highest BCUT2D eigenvalue weighted by Crippen LogP contribution is 2.22. The smallest absolute Gasteiger partial charge is 0.244 e. The fraction of sp³-hybridized carbons (Fsp3) is 0.333. The number of amides is 1. The molecule has 2 aromatic rings. The molecule has 0 fully saturated rings. The highest BCUT2D eigenvalue weighted by Gasteiger charge is 2.20. The first kappa shape index (κ1) is 15.5. The number of nitrogens with one attached hydrogen (secondary N) is 1. The molecule has 1 atom stereocenters. The predicted octanol–water partition coefficient (Wildman–Crippen LogP) is 3.17. The Morgan fingerprint density at radius 1 is 1.38 bits per heavy atom. The van der Waals surface area contributed by atoms with E-state index in [0.717, 1.165) is 11.3 Å². The molecule has 0 bridgehead atoms. The van der Waals surface area contributed by atoms with E-state index in [2.05, 4.69) is 10.4 Å². The molecule has 0 aliphatic carbocycles. The van der Waals surface area contributed by atoms with E-state index in [1.807, 2.05) is 6.92 Å². The number of nitrogens with zero attached hydrogens (tertiary/aromatic N) is 2. The van der Waals surface area contributed by atoms with Gasteiger partial charge in [0.25, 0.3) is 0 Å². The summed E-state index contributed by atoms with van der Waals surface area (Å²) in [5.74, 6) is -0.461. The molecule has 0 aliphatic rings. The van der Waals surface area contributed by atoms with Gasteiger partial charge in [-0.25, -0.2) is 4.39 Å². The van der Waals surface area contributed by atoms with Gasteiger partial charge in [-0.2, -0.15) is 5.10 Å². The topological polar surface area (TPSA) is 46.9 Å². The summed E-state index contributed by atoms with van der Waals surface area (Å²) in [6, 6.07) is 5.55. The molecule has 0 aliphatic heterocycles. The highest BCUT2D eigenvalue weighted by molar-refractivity contribution is 6.31. The first-order chi connectivity index (χ1) is 9.90. The summed E-state index contributed by atoms with van der Waals surface area (Å²) in [6.45, 7) is 5.73. The van der Waals surface area contributed by atoms with Crippen molar-refractivity contribution in [2.45, 2.75) is 33.4 Å². The van der Waals surface area contributed by atoms with Gasteiger partial charge in [-0.15, -0.1) is 0 Å². The van der Waals surface area contributed by atoms with Gasteiger partial charge in [0.1, 0.15) is 11.9 Å². The largest absolute Gasteiger partial charge is 0.350 e. The Morgan fingerprint density at radius 3 is 2.52 bits per heavy atom. The second-order valence-electron chi connectivity index (χ2n) is 4.95. The minimum atomic E-state index is -0.461. The molecule has 21 heavy (non-hydrogen) atoms. The summed E-state index contributed by atoms with van der Waals surface area (Å²) in [7, 11) is 0. The number of halogens is 2. The third-order valence-electron chi connectivity index (χ3n) is 3.36. The molecule has 1 N–H and O–H groups in total. The fourth-order valence-corrected chi connectivity index (χ4v) is 2.19. The van der Waals surface area contributed by atoms with E-state index in [-0.39, 0.29) is 11.7 Å². The van der Waals surface area contributed by atoms with Gasteiger partial charge in [-0.3, -0.25) is 9.48 Å². The number of benzene rings is 1. The van der Waals surface area contributed by atoms with Crippen LogP contribution in [0.5, 0.6) is 0 Å². The van der Waals surface area contributed by atoms with E-state index in [9.17, 15) is 9.18 Å². The number of hydrogen-bond acceptors (Lipinski definition) is 2. The van der Waals surface area contributed by atoms with Crippen LogP contribution in [-0.2, 0) is 11.3 Å². The van der Waals surface area contributed by atoms with Gasteiger partial charge >= 0.3 is 0 Å². The molecule has 1 aromatic carbocycles. The third kappa shape index (κ3) is 3.42. The van der Waals surface area contributed by atoms with Crippen LogP contribution in [0, 0.1) is 19.7 Å². The summed E-state index contributed by atoms with van der Waals surface area (Å²) in [6.07, 6.45) is 0. The van der Waals surface area contributed by atoms with Crippen LogP contribution < -0.4 is 5.32 Å². The maximum atomic E-state index is 12.8. The lowest BCUT2D eigenvalue weighted by atomic mass is 10.2. The van der Waals surface area contributed by atoms with Gasteiger partial charge in [0, 0.05) is 6.54 Å². The average molecular weight is 310 g/mol. The Morgan fingerprint density at radius 2 is 2.00 bits per heavy atom. The average Bonchev–Trinajstić information content (AvgIpc) is 2.73. The summed E-state index contributed by atoms with van der Waals surface area (Å²) in [4.78, 5) is 12.2. The molecule has 0 saturated heterocycles. The standard InChI is InChI=1S/C15H17ClFN3O/c1-9-14(16)10(2)20(19-9)11(3)15(21)18-8-12-4-6-13(17)7-5-12/h4-7,11H,8H2,1-3H3,(H,18,21). The van der Waals surface area contributed by atoms with Gasteiger partial charge in [0.2, 0.25) is 5.91 Å². The van der Waals surface area contributed by atoms with Gasteiger partial charge in [-0.1, -0.05) is 23.7 Å². The first-order valence-electron chi connectivity index (χ1n) is 6.63. The van der Waals surface area contributed by atoms with E-state index >= 15 is 0 Å². The summed E-state index contributed by atoms with van der Waals surface area (Å²) < 4.78 is 14.4. The maximum Gasteiger partial charge on any atom is 0.244 e. The molecule has 2 rings (SSSR count). The lowest BCUT2D eigenvalue weighted by Crippen LogP contribution is -2.31.